The van der Waals surface area contributed by atoms with Crippen molar-refractivity contribution in [3.63, 3.8) is 0 Å². The highest BCUT2D eigenvalue weighted by atomic mass is 35.5. The number of likely N-dealkylation sites (tertiary alicyclic amines) is 1. The normalized spacial score (nSPS) is 20.6. The average molecular weight is 405 g/mol. The average Bonchev–Trinajstić information content (AvgIpc) is 3.11. The second kappa shape index (κ2) is 8.93. The van der Waals surface area contributed by atoms with Gasteiger partial charge in [0.1, 0.15) is 11.6 Å². The van der Waals surface area contributed by atoms with E-state index in [2.05, 4.69) is 28.4 Å². The molecule has 2 aromatic rings. The first-order valence-corrected chi connectivity index (χ1v) is 9.57. The van der Waals surface area contributed by atoms with Crippen molar-refractivity contribution in [1.82, 2.24) is 10.2 Å². The van der Waals surface area contributed by atoms with Gasteiger partial charge in [-0.2, -0.15) is 0 Å². The van der Waals surface area contributed by atoms with Gasteiger partial charge in [0.15, 0.2) is 0 Å². The van der Waals surface area contributed by atoms with Crippen LogP contribution in [0.3, 0.4) is 0 Å². The molecule has 2 atom stereocenters. The van der Waals surface area contributed by atoms with Crippen molar-refractivity contribution in [2.24, 2.45) is 5.92 Å². The minimum atomic E-state index is -0.332. The van der Waals surface area contributed by atoms with Gasteiger partial charge in [-0.05, 0) is 54.7 Å². The van der Waals surface area contributed by atoms with Gasteiger partial charge in [0.05, 0.1) is 7.11 Å². The van der Waals surface area contributed by atoms with E-state index in [-0.39, 0.29) is 24.1 Å². The highest BCUT2D eigenvalue weighted by molar-refractivity contribution is 5.94. The lowest BCUT2D eigenvalue weighted by molar-refractivity contribution is 0.0949. The molecule has 4 rings (SSSR count). The zero-order valence-corrected chi connectivity index (χ0v) is 16.8. The molecular formula is C22H26ClFN2O2. The van der Waals surface area contributed by atoms with E-state index < -0.39 is 0 Å². The number of carbonyl (C=O) groups is 1. The molecule has 0 aromatic heterocycles. The zero-order chi connectivity index (χ0) is 18.8. The first kappa shape index (κ1) is 20.6. The molecular weight excluding hydrogens is 379 g/mol. The summed E-state index contributed by atoms with van der Waals surface area (Å²) >= 11 is 0. The molecule has 0 spiro atoms. The van der Waals surface area contributed by atoms with Crippen LogP contribution in [0.15, 0.2) is 42.5 Å². The minimum Gasteiger partial charge on any atom is -0.496 e. The van der Waals surface area contributed by atoms with Crippen LogP contribution >= 0.6 is 12.4 Å². The predicted molar refractivity (Wildman–Crippen MR) is 110 cm³/mol. The molecule has 0 radical (unpaired) electrons. The second-order valence-electron chi connectivity index (χ2n) is 7.46. The van der Waals surface area contributed by atoms with E-state index in [4.69, 9.17) is 4.74 Å². The molecule has 0 saturated carbocycles. The Hall–Kier alpha value is -2.11. The Morgan fingerprint density at radius 2 is 2.00 bits per heavy atom. The quantitative estimate of drug-likeness (QED) is 0.827. The summed E-state index contributed by atoms with van der Waals surface area (Å²) in [4.78, 5) is 14.6. The van der Waals surface area contributed by atoms with Gasteiger partial charge < -0.3 is 15.0 Å². The number of rotatable bonds is 5. The summed E-state index contributed by atoms with van der Waals surface area (Å²) in [6, 6.07) is 12.0. The molecule has 1 aliphatic carbocycles. The van der Waals surface area contributed by atoms with Crippen molar-refractivity contribution >= 4 is 18.3 Å². The Bertz CT molecular complexity index is 814. The molecule has 150 valence electrons. The maximum absolute atomic E-state index is 13.0. The van der Waals surface area contributed by atoms with E-state index in [9.17, 15) is 9.18 Å². The van der Waals surface area contributed by atoms with Crippen molar-refractivity contribution in [3.8, 4) is 5.75 Å². The Labute approximate surface area is 171 Å². The predicted octanol–water partition coefficient (Wildman–Crippen LogP) is 3.65. The Morgan fingerprint density at radius 1 is 1.21 bits per heavy atom. The second-order valence-corrected chi connectivity index (χ2v) is 7.46. The molecule has 0 bridgehead atoms. The number of carbonyl (C=O) groups excluding carboxylic acids is 1. The smallest absolute Gasteiger partial charge is 0.251 e. The van der Waals surface area contributed by atoms with Crippen LogP contribution in [0.1, 0.15) is 33.8 Å². The van der Waals surface area contributed by atoms with Crippen LogP contribution in [0.25, 0.3) is 0 Å². The molecule has 4 nitrogen and oxygen atoms in total. The van der Waals surface area contributed by atoms with Crippen molar-refractivity contribution in [2.45, 2.75) is 18.8 Å². The third-order valence-corrected chi connectivity index (χ3v) is 5.87. The largest absolute Gasteiger partial charge is 0.496 e. The maximum Gasteiger partial charge on any atom is 0.251 e. The summed E-state index contributed by atoms with van der Waals surface area (Å²) in [7, 11) is 1.75. The number of hydrogen-bond acceptors (Lipinski definition) is 3. The molecule has 6 heteroatoms. The van der Waals surface area contributed by atoms with Crippen LogP contribution in [0.4, 0.5) is 4.39 Å². The number of methoxy groups -OCH3 is 1. The molecule has 1 saturated heterocycles. The lowest BCUT2D eigenvalue weighted by Gasteiger charge is -2.28. The van der Waals surface area contributed by atoms with Crippen LogP contribution in [0, 0.1) is 11.7 Å². The Kier molecular flexibility index (Phi) is 6.57. The number of nitrogens with one attached hydrogen (secondary N) is 1. The molecule has 1 heterocycles. The summed E-state index contributed by atoms with van der Waals surface area (Å²) in [5.41, 5.74) is 3.29. The number of ether oxygens (including phenoxy) is 1. The maximum atomic E-state index is 13.0. The molecule has 28 heavy (non-hydrogen) atoms. The summed E-state index contributed by atoms with van der Waals surface area (Å²) < 4.78 is 18.6. The van der Waals surface area contributed by atoms with Crippen LogP contribution in [0.5, 0.6) is 5.75 Å². The lowest BCUT2D eigenvalue weighted by atomic mass is 9.76. The Morgan fingerprint density at radius 3 is 2.75 bits per heavy atom. The van der Waals surface area contributed by atoms with Gasteiger partial charge in [-0.25, -0.2) is 4.39 Å². The van der Waals surface area contributed by atoms with Gasteiger partial charge in [-0.15, -0.1) is 12.4 Å². The highest BCUT2D eigenvalue weighted by Gasteiger charge is 2.38. The highest BCUT2D eigenvalue weighted by Crippen LogP contribution is 2.45. The number of benzene rings is 2. The molecule has 0 unspecified atom stereocenters. The van der Waals surface area contributed by atoms with Gasteiger partial charge in [0.2, 0.25) is 0 Å². The van der Waals surface area contributed by atoms with E-state index in [0.29, 0.717) is 23.9 Å². The van der Waals surface area contributed by atoms with E-state index >= 15 is 0 Å². The van der Waals surface area contributed by atoms with E-state index in [1.165, 1.54) is 41.8 Å². The van der Waals surface area contributed by atoms with Crippen molar-refractivity contribution < 1.29 is 13.9 Å². The molecule has 1 N–H and O–H groups in total. The van der Waals surface area contributed by atoms with Crippen molar-refractivity contribution in [2.75, 3.05) is 33.3 Å². The van der Waals surface area contributed by atoms with Crippen molar-refractivity contribution in [1.29, 1.82) is 0 Å². The van der Waals surface area contributed by atoms with Gasteiger partial charge in [-0.3, -0.25) is 4.79 Å². The topological polar surface area (TPSA) is 41.6 Å². The molecule has 1 amide bonds. The summed E-state index contributed by atoms with van der Waals surface area (Å²) in [6.07, 6.45) is 2.33. The molecule has 1 fully saturated rings. The fourth-order valence-electron chi connectivity index (χ4n) is 4.54. The Balaban J connectivity index is 0.00000225. The van der Waals surface area contributed by atoms with Crippen LogP contribution < -0.4 is 10.1 Å². The summed E-state index contributed by atoms with van der Waals surface area (Å²) in [5.74, 6) is 1.69. The monoisotopic (exact) mass is 404 g/mol. The van der Waals surface area contributed by atoms with Gasteiger partial charge in [-0.1, -0.05) is 12.1 Å². The van der Waals surface area contributed by atoms with E-state index in [0.717, 1.165) is 31.8 Å². The van der Waals surface area contributed by atoms with E-state index in [1.807, 2.05) is 0 Å². The molecule has 2 aliphatic rings. The van der Waals surface area contributed by atoms with Gasteiger partial charge in [0, 0.05) is 43.2 Å². The molecule has 2 aromatic carbocycles. The third-order valence-electron chi connectivity index (χ3n) is 5.87. The lowest BCUT2D eigenvalue weighted by Crippen LogP contribution is -2.34. The number of amides is 1. The summed E-state index contributed by atoms with van der Waals surface area (Å²) in [5, 5.41) is 2.94. The standard InChI is InChI=1S/C22H25FN2O2.ClH/c1-27-20-4-2-3-15-5-6-17-13-25(14-19(17)21(15)20)12-11-24-22(26)16-7-9-18(23)10-8-16;/h2-4,7-10,17,19H,5-6,11-14H2,1H3,(H,24,26);1H/t17-,19-;/m1./s1. The van der Waals surface area contributed by atoms with E-state index in [1.54, 1.807) is 7.11 Å². The number of fused-ring (bicyclic) bond motifs is 3. The van der Waals surface area contributed by atoms with Crippen LogP contribution in [-0.2, 0) is 6.42 Å². The molecule has 1 aliphatic heterocycles. The number of halogens is 2. The van der Waals surface area contributed by atoms with Crippen molar-refractivity contribution in [3.05, 3.63) is 65.0 Å². The number of hydrogen-bond donors (Lipinski definition) is 1. The minimum absolute atomic E-state index is 0. The fourth-order valence-corrected chi connectivity index (χ4v) is 4.54. The number of aryl methyl sites for hydroxylation is 1. The first-order valence-electron chi connectivity index (χ1n) is 9.57. The zero-order valence-electron chi connectivity index (χ0n) is 16.0. The van der Waals surface area contributed by atoms with Gasteiger partial charge >= 0.3 is 0 Å². The first-order chi connectivity index (χ1) is 13.2. The SMILES string of the molecule is COc1cccc2c1[C@@H]1CN(CCNC(=O)c3ccc(F)cc3)C[C@H]1CC2.Cl. The number of nitrogens with zero attached hydrogens (tertiary/aromatic N) is 1. The van der Waals surface area contributed by atoms with Crippen LogP contribution in [-0.4, -0.2) is 44.1 Å². The summed E-state index contributed by atoms with van der Waals surface area (Å²) in [6.45, 7) is 3.48. The third kappa shape index (κ3) is 4.15. The van der Waals surface area contributed by atoms with Crippen LogP contribution in [0.2, 0.25) is 0 Å². The van der Waals surface area contributed by atoms with Gasteiger partial charge in [0.25, 0.3) is 5.91 Å². The fraction of sp³-hybridized carbons (Fsp3) is 0.409.